The average molecular weight is 347 g/mol. The van der Waals surface area contributed by atoms with E-state index >= 15 is 0 Å². The predicted molar refractivity (Wildman–Crippen MR) is 88.2 cm³/mol. The van der Waals surface area contributed by atoms with Crippen molar-refractivity contribution in [3.05, 3.63) is 54.0 Å². The van der Waals surface area contributed by atoms with Crippen molar-refractivity contribution in [1.29, 1.82) is 0 Å². The number of carbonyl (C=O) groups is 1. The fraction of sp³-hybridized carbons (Fsp3) is 0.250. The Hall–Kier alpha value is -2.61. The van der Waals surface area contributed by atoms with Crippen LogP contribution >= 0.6 is 0 Å². The van der Waals surface area contributed by atoms with Gasteiger partial charge in [-0.2, -0.15) is 0 Å². The number of fused-ring (bicyclic) bond motifs is 1. The third kappa shape index (κ3) is 3.48. The number of rotatable bonds is 5. The number of benzene rings is 1. The molecule has 0 saturated carbocycles. The number of aliphatic imine (C=N–C) groups is 1. The van der Waals surface area contributed by atoms with Crippen LogP contribution in [0.2, 0.25) is 0 Å². The molecule has 0 fully saturated rings. The van der Waals surface area contributed by atoms with Crippen molar-refractivity contribution in [3.8, 4) is 0 Å². The summed E-state index contributed by atoms with van der Waals surface area (Å²) in [5.41, 5.74) is 0.480. The number of amides is 1. The monoisotopic (exact) mass is 347 g/mol. The lowest BCUT2D eigenvalue weighted by Crippen LogP contribution is -2.36. The van der Waals surface area contributed by atoms with Crippen LogP contribution in [0.5, 0.6) is 0 Å². The fourth-order valence-corrected chi connectivity index (χ4v) is 3.76. The number of amidine groups is 1. The second-order valence-corrected chi connectivity index (χ2v) is 7.17. The lowest BCUT2D eigenvalue weighted by Gasteiger charge is -2.11. The SMILES string of the molecule is C[C@H](Cc1ccco1)NC(=O)CN=C1NS(=O)(=O)c2ccccc21. The van der Waals surface area contributed by atoms with E-state index in [-0.39, 0.29) is 29.2 Å². The van der Waals surface area contributed by atoms with Gasteiger partial charge in [0.2, 0.25) is 5.91 Å². The zero-order valence-electron chi connectivity index (χ0n) is 13.0. The summed E-state index contributed by atoms with van der Waals surface area (Å²) in [6.45, 7) is 1.70. The molecule has 126 valence electrons. The Labute approximate surface area is 139 Å². The van der Waals surface area contributed by atoms with Gasteiger partial charge in [0, 0.05) is 18.0 Å². The normalized spacial score (nSPS) is 18.0. The van der Waals surface area contributed by atoms with Crippen LogP contribution < -0.4 is 10.0 Å². The molecule has 1 aliphatic heterocycles. The van der Waals surface area contributed by atoms with Crippen molar-refractivity contribution in [1.82, 2.24) is 10.0 Å². The quantitative estimate of drug-likeness (QED) is 0.845. The summed E-state index contributed by atoms with van der Waals surface area (Å²) in [7, 11) is -3.58. The second-order valence-electron chi connectivity index (χ2n) is 5.52. The first kappa shape index (κ1) is 16.3. The van der Waals surface area contributed by atoms with Crippen molar-refractivity contribution in [2.75, 3.05) is 6.54 Å². The van der Waals surface area contributed by atoms with Gasteiger partial charge in [0.25, 0.3) is 10.0 Å². The molecule has 1 aromatic heterocycles. The molecule has 0 spiro atoms. The smallest absolute Gasteiger partial charge is 0.263 e. The van der Waals surface area contributed by atoms with Crippen molar-refractivity contribution in [2.24, 2.45) is 4.99 Å². The van der Waals surface area contributed by atoms with E-state index in [1.807, 2.05) is 13.0 Å². The molecular formula is C16H17N3O4S. The van der Waals surface area contributed by atoms with Gasteiger partial charge in [-0.3, -0.25) is 14.5 Å². The van der Waals surface area contributed by atoms with Crippen molar-refractivity contribution in [3.63, 3.8) is 0 Å². The predicted octanol–water partition coefficient (Wildman–Crippen LogP) is 1.07. The highest BCUT2D eigenvalue weighted by Crippen LogP contribution is 2.21. The Morgan fingerprint density at radius 3 is 2.83 bits per heavy atom. The van der Waals surface area contributed by atoms with Crippen LogP contribution in [0.25, 0.3) is 0 Å². The highest BCUT2D eigenvalue weighted by Gasteiger charge is 2.30. The van der Waals surface area contributed by atoms with Crippen LogP contribution in [0.1, 0.15) is 18.2 Å². The highest BCUT2D eigenvalue weighted by molar-refractivity contribution is 7.90. The number of hydrogen-bond donors (Lipinski definition) is 2. The number of hydrogen-bond acceptors (Lipinski definition) is 5. The largest absolute Gasteiger partial charge is 0.469 e. The summed E-state index contributed by atoms with van der Waals surface area (Å²) in [5, 5.41) is 2.80. The molecule has 2 N–H and O–H groups in total. The maximum Gasteiger partial charge on any atom is 0.263 e. The molecule has 3 rings (SSSR count). The lowest BCUT2D eigenvalue weighted by molar-refractivity contribution is -0.120. The van der Waals surface area contributed by atoms with Crippen molar-refractivity contribution >= 4 is 21.8 Å². The molecule has 7 nitrogen and oxygen atoms in total. The topological polar surface area (TPSA) is 101 Å². The van der Waals surface area contributed by atoms with Crippen LogP contribution in [-0.4, -0.2) is 32.7 Å². The number of carbonyl (C=O) groups excluding carboxylic acids is 1. The molecule has 2 heterocycles. The number of nitrogens with one attached hydrogen (secondary N) is 2. The summed E-state index contributed by atoms with van der Waals surface area (Å²) >= 11 is 0. The third-order valence-electron chi connectivity index (χ3n) is 3.54. The van der Waals surface area contributed by atoms with Crippen molar-refractivity contribution in [2.45, 2.75) is 24.3 Å². The van der Waals surface area contributed by atoms with Gasteiger partial charge < -0.3 is 9.73 Å². The number of sulfonamides is 1. The number of nitrogens with zero attached hydrogens (tertiary/aromatic N) is 1. The van der Waals surface area contributed by atoms with E-state index in [0.29, 0.717) is 12.0 Å². The first-order valence-corrected chi connectivity index (χ1v) is 8.92. The molecule has 2 aromatic rings. The van der Waals surface area contributed by atoms with Crippen LogP contribution in [0, 0.1) is 0 Å². The Morgan fingerprint density at radius 2 is 2.08 bits per heavy atom. The summed E-state index contributed by atoms with van der Waals surface area (Å²) in [6.07, 6.45) is 2.16. The second kappa shape index (κ2) is 6.48. The van der Waals surface area contributed by atoms with E-state index in [9.17, 15) is 13.2 Å². The average Bonchev–Trinajstić information content (AvgIpc) is 3.12. The Morgan fingerprint density at radius 1 is 1.29 bits per heavy atom. The molecule has 0 radical (unpaired) electrons. The molecule has 0 bridgehead atoms. The molecule has 0 aliphatic carbocycles. The molecule has 8 heteroatoms. The van der Waals surface area contributed by atoms with Gasteiger partial charge >= 0.3 is 0 Å². The minimum Gasteiger partial charge on any atom is -0.469 e. The minimum atomic E-state index is -3.58. The summed E-state index contributed by atoms with van der Waals surface area (Å²) in [6, 6.07) is 10.0. The van der Waals surface area contributed by atoms with E-state index in [1.165, 1.54) is 6.07 Å². The van der Waals surface area contributed by atoms with Crippen LogP contribution in [0.3, 0.4) is 0 Å². The van der Waals surface area contributed by atoms with Crippen LogP contribution in [0.15, 0.2) is 57.0 Å². The first-order valence-electron chi connectivity index (χ1n) is 7.44. The van der Waals surface area contributed by atoms with Gasteiger partial charge in [-0.15, -0.1) is 0 Å². The first-order chi connectivity index (χ1) is 11.5. The van der Waals surface area contributed by atoms with Gasteiger partial charge in [-0.05, 0) is 31.2 Å². The van der Waals surface area contributed by atoms with E-state index < -0.39 is 10.0 Å². The van der Waals surface area contributed by atoms with Crippen LogP contribution in [0.4, 0.5) is 0 Å². The maximum atomic E-state index is 12.0. The number of furan rings is 1. The molecule has 1 atom stereocenters. The van der Waals surface area contributed by atoms with E-state index in [1.54, 1.807) is 30.5 Å². The van der Waals surface area contributed by atoms with E-state index in [2.05, 4.69) is 15.0 Å². The molecular weight excluding hydrogens is 330 g/mol. The molecule has 1 aliphatic rings. The van der Waals surface area contributed by atoms with E-state index in [0.717, 1.165) is 5.76 Å². The Kier molecular flexibility index (Phi) is 4.39. The van der Waals surface area contributed by atoms with Gasteiger partial charge in [-0.25, -0.2) is 8.42 Å². The van der Waals surface area contributed by atoms with Gasteiger partial charge in [0.05, 0.1) is 11.2 Å². The summed E-state index contributed by atoms with van der Waals surface area (Å²) in [4.78, 5) is 16.3. The minimum absolute atomic E-state index is 0.114. The molecule has 0 saturated heterocycles. The highest BCUT2D eigenvalue weighted by atomic mass is 32.2. The summed E-state index contributed by atoms with van der Waals surface area (Å²) < 4.78 is 31.5. The Bertz CT molecular complexity index is 872. The maximum absolute atomic E-state index is 12.0. The van der Waals surface area contributed by atoms with Crippen molar-refractivity contribution < 1.29 is 17.6 Å². The fourth-order valence-electron chi connectivity index (χ4n) is 2.50. The lowest BCUT2D eigenvalue weighted by atomic mass is 10.2. The van der Waals surface area contributed by atoms with Gasteiger partial charge in [0.1, 0.15) is 18.1 Å². The molecule has 24 heavy (non-hydrogen) atoms. The molecule has 0 unspecified atom stereocenters. The molecule has 1 amide bonds. The van der Waals surface area contributed by atoms with E-state index in [4.69, 9.17) is 4.42 Å². The van der Waals surface area contributed by atoms with Gasteiger partial charge in [0.15, 0.2) is 0 Å². The summed E-state index contributed by atoms with van der Waals surface area (Å²) in [5.74, 6) is 0.691. The third-order valence-corrected chi connectivity index (χ3v) is 4.94. The zero-order chi connectivity index (χ0) is 17.2. The van der Waals surface area contributed by atoms with Gasteiger partial charge in [-0.1, -0.05) is 12.1 Å². The standard InChI is InChI=1S/C16H17N3O4S/c1-11(9-12-5-4-8-23-12)18-15(20)10-17-16-13-6-2-3-7-14(13)24(21,22)19-16/h2-8,11H,9-10H2,1H3,(H,17,19)(H,18,20)/t11-/m1/s1. The zero-order valence-corrected chi connectivity index (χ0v) is 13.8. The van der Waals surface area contributed by atoms with Crippen LogP contribution in [-0.2, 0) is 21.2 Å². The molecule has 1 aromatic carbocycles. The Balaban J connectivity index is 1.63.